The summed E-state index contributed by atoms with van der Waals surface area (Å²) in [5.41, 5.74) is 3.62. The molecule has 7 nitrogen and oxygen atoms in total. The van der Waals surface area contributed by atoms with Crippen LogP contribution in [0.4, 0.5) is 10.1 Å². The van der Waals surface area contributed by atoms with E-state index in [0.717, 1.165) is 40.5 Å². The predicted octanol–water partition coefficient (Wildman–Crippen LogP) is 4.97. The van der Waals surface area contributed by atoms with Gasteiger partial charge >= 0.3 is 0 Å². The van der Waals surface area contributed by atoms with Crippen molar-refractivity contribution >= 4 is 37.6 Å². The van der Waals surface area contributed by atoms with Crippen molar-refractivity contribution in [2.75, 3.05) is 11.3 Å². The van der Waals surface area contributed by atoms with Gasteiger partial charge in [0.15, 0.2) is 5.58 Å². The number of fused-ring (bicyclic) bond motifs is 2. The van der Waals surface area contributed by atoms with E-state index in [0.29, 0.717) is 24.2 Å². The fourth-order valence-corrected chi connectivity index (χ4v) is 5.00. The third kappa shape index (κ3) is 4.80. The molecule has 174 valence electrons. The molecule has 3 aromatic carbocycles. The van der Waals surface area contributed by atoms with Crippen LogP contribution in [0.3, 0.4) is 0 Å². The molecule has 0 spiro atoms. The molecule has 3 N–H and O–H groups in total. The molecular formula is C25H23FN4O3S. The van der Waals surface area contributed by atoms with Crippen molar-refractivity contribution in [3.8, 4) is 0 Å². The van der Waals surface area contributed by atoms with Crippen LogP contribution in [0.25, 0.3) is 21.9 Å². The second-order valence-electron chi connectivity index (χ2n) is 8.08. The van der Waals surface area contributed by atoms with Gasteiger partial charge in [-0.1, -0.05) is 17.3 Å². The van der Waals surface area contributed by atoms with E-state index in [1.807, 2.05) is 24.3 Å². The zero-order valence-electron chi connectivity index (χ0n) is 18.2. The Morgan fingerprint density at radius 3 is 2.85 bits per heavy atom. The van der Waals surface area contributed by atoms with Crippen molar-refractivity contribution in [1.29, 1.82) is 0 Å². The van der Waals surface area contributed by atoms with Crippen LogP contribution in [0.5, 0.6) is 0 Å². The average molecular weight is 479 g/mol. The van der Waals surface area contributed by atoms with Crippen molar-refractivity contribution in [2.45, 2.75) is 24.3 Å². The van der Waals surface area contributed by atoms with Gasteiger partial charge in [-0.05, 0) is 73.5 Å². The molecule has 0 atom stereocenters. The molecule has 2 aromatic heterocycles. The number of aromatic nitrogens is 2. The Hall–Kier alpha value is -3.69. The first-order valence-electron chi connectivity index (χ1n) is 10.9. The number of aromatic amines is 1. The molecule has 2 heterocycles. The van der Waals surface area contributed by atoms with E-state index >= 15 is 0 Å². The highest BCUT2D eigenvalue weighted by Crippen LogP contribution is 2.22. The second kappa shape index (κ2) is 9.28. The Labute approximate surface area is 196 Å². The first-order chi connectivity index (χ1) is 16.5. The van der Waals surface area contributed by atoms with Crippen LogP contribution in [0.1, 0.15) is 17.7 Å². The van der Waals surface area contributed by atoms with Gasteiger partial charge in [-0.3, -0.25) is 4.72 Å². The van der Waals surface area contributed by atoms with E-state index in [1.165, 1.54) is 12.1 Å². The van der Waals surface area contributed by atoms with Crippen molar-refractivity contribution in [1.82, 2.24) is 15.5 Å². The molecule has 0 fully saturated rings. The Morgan fingerprint density at radius 1 is 1.03 bits per heavy atom. The monoisotopic (exact) mass is 478 g/mol. The summed E-state index contributed by atoms with van der Waals surface area (Å²) in [6.45, 7) is 1.33. The summed E-state index contributed by atoms with van der Waals surface area (Å²) in [4.78, 5) is 3.27. The topological polar surface area (TPSA) is 100 Å². The number of nitrogens with zero attached hydrogens (tertiary/aromatic N) is 1. The van der Waals surface area contributed by atoms with Gasteiger partial charge in [0, 0.05) is 40.8 Å². The highest BCUT2D eigenvalue weighted by atomic mass is 32.2. The van der Waals surface area contributed by atoms with E-state index in [4.69, 9.17) is 4.52 Å². The summed E-state index contributed by atoms with van der Waals surface area (Å²) in [6.07, 6.45) is 3.31. The molecule has 0 radical (unpaired) electrons. The van der Waals surface area contributed by atoms with Crippen LogP contribution in [0.2, 0.25) is 0 Å². The van der Waals surface area contributed by atoms with E-state index in [9.17, 15) is 12.8 Å². The lowest BCUT2D eigenvalue weighted by Crippen LogP contribution is -2.16. The lowest BCUT2D eigenvalue weighted by Gasteiger charge is -2.10. The minimum atomic E-state index is -3.70. The fraction of sp³-hybridized carbons (Fsp3) is 0.160. The van der Waals surface area contributed by atoms with Crippen LogP contribution in [-0.2, 0) is 23.0 Å². The highest BCUT2D eigenvalue weighted by molar-refractivity contribution is 7.92. The maximum absolute atomic E-state index is 13.3. The molecule has 0 aliphatic carbocycles. The summed E-state index contributed by atoms with van der Waals surface area (Å²) in [5.74, 6) is -0.344. The lowest BCUT2D eigenvalue weighted by atomic mass is 10.1. The number of hydrogen-bond donors (Lipinski definition) is 3. The van der Waals surface area contributed by atoms with E-state index in [2.05, 4.69) is 20.2 Å². The van der Waals surface area contributed by atoms with Crippen LogP contribution in [-0.4, -0.2) is 25.1 Å². The summed E-state index contributed by atoms with van der Waals surface area (Å²) < 4.78 is 46.8. The maximum atomic E-state index is 13.3. The molecule has 5 aromatic rings. The Balaban J connectivity index is 1.15. The van der Waals surface area contributed by atoms with Gasteiger partial charge in [0.1, 0.15) is 5.82 Å². The molecular weight excluding hydrogens is 455 g/mol. The number of nitrogens with one attached hydrogen (secondary N) is 3. The van der Waals surface area contributed by atoms with Gasteiger partial charge < -0.3 is 14.8 Å². The largest absolute Gasteiger partial charge is 0.361 e. The fourth-order valence-electron chi connectivity index (χ4n) is 3.91. The molecule has 0 aliphatic rings. The van der Waals surface area contributed by atoms with Gasteiger partial charge in [0.05, 0.1) is 10.6 Å². The number of rotatable bonds is 9. The third-order valence-corrected chi connectivity index (χ3v) is 7.00. The first-order valence-corrected chi connectivity index (χ1v) is 12.4. The summed E-state index contributed by atoms with van der Waals surface area (Å²) in [5, 5.41) is 9.07. The minimum Gasteiger partial charge on any atom is -0.361 e. The van der Waals surface area contributed by atoms with Gasteiger partial charge in [-0.15, -0.1) is 0 Å². The van der Waals surface area contributed by atoms with Gasteiger partial charge in [0.2, 0.25) is 0 Å². The molecule has 0 saturated heterocycles. The van der Waals surface area contributed by atoms with Gasteiger partial charge in [-0.25, -0.2) is 12.8 Å². The number of anilines is 1. The molecule has 0 amide bonds. The van der Waals surface area contributed by atoms with Crippen LogP contribution >= 0.6 is 0 Å². The Bertz CT molecular complexity index is 1560. The predicted molar refractivity (Wildman–Crippen MR) is 130 cm³/mol. The summed E-state index contributed by atoms with van der Waals surface area (Å²) >= 11 is 0. The number of sulfonamides is 1. The smallest absolute Gasteiger partial charge is 0.261 e. The van der Waals surface area contributed by atoms with Crippen molar-refractivity contribution in [3.63, 3.8) is 0 Å². The Kier molecular flexibility index (Phi) is 6.04. The molecule has 0 saturated carbocycles. The van der Waals surface area contributed by atoms with E-state index in [1.54, 1.807) is 36.5 Å². The molecule has 0 aliphatic heterocycles. The van der Waals surface area contributed by atoms with Crippen molar-refractivity contribution in [2.24, 2.45) is 0 Å². The number of hydrogen-bond acceptors (Lipinski definition) is 5. The quantitative estimate of drug-likeness (QED) is 0.260. The van der Waals surface area contributed by atoms with E-state index in [-0.39, 0.29) is 10.7 Å². The molecule has 9 heteroatoms. The zero-order chi connectivity index (χ0) is 23.5. The third-order valence-electron chi connectivity index (χ3n) is 5.62. The second-order valence-corrected chi connectivity index (χ2v) is 9.77. The van der Waals surface area contributed by atoms with Gasteiger partial charge in [-0.2, -0.15) is 0 Å². The molecule has 5 rings (SSSR count). The number of H-pyrrole nitrogens is 1. The van der Waals surface area contributed by atoms with Crippen molar-refractivity contribution in [3.05, 3.63) is 90.0 Å². The van der Waals surface area contributed by atoms with Crippen LogP contribution in [0, 0.1) is 5.82 Å². The highest BCUT2D eigenvalue weighted by Gasteiger charge is 2.15. The number of benzene rings is 3. The minimum absolute atomic E-state index is 0.214. The SMILES string of the molecule is O=S(=O)(Nc1cccc(CNCCCc2noc3cc(F)ccc23)c1)c1ccc2[nH]ccc2c1. The number of aryl methyl sites for hydroxylation is 1. The molecule has 0 bridgehead atoms. The normalized spacial score (nSPS) is 11.9. The van der Waals surface area contributed by atoms with Gasteiger partial charge in [0.25, 0.3) is 10.0 Å². The zero-order valence-corrected chi connectivity index (χ0v) is 19.0. The maximum Gasteiger partial charge on any atom is 0.261 e. The lowest BCUT2D eigenvalue weighted by molar-refractivity contribution is 0.442. The first kappa shape index (κ1) is 22.1. The van der Waals surface area contributed by atoms with E-state index < -0.39 is 10.0 Å². The standard InChI is InChI=1S/C25H23FN4O3S/c26-19-6-8-22-24(29-33-25(22)15-19)5-2-11-27-16-17-3-1-4-20(13-17)30-34(31,32)21-7-9-23-18(14-21)10-12-28-23/h1,3-4,6-10,12-15,27-28,30H,2,5,11,16H2. The Morgan fingerprint density at radius 2 is 1.94 bits per heavy atom. The summed E-state index contributed by atoms with van der Waals surface area (Å²) in [6, 6.07) is 18.6. The number of halogens is 1. The van der Waals surface area contributed by atoms with Crippen LogP contribution < -0.4 is 10.0 Å². The molecule has 34 heavy (non-hydrogen) atoms. The molecule has 0 unspecified atom stereocenters. The van der Waals surface area contributed by atoms with Crippen LogP contribution in [0.15, 0.2) is 82.3 Å². The summed E-state index contributed by atoms with van der Waals surface area (Å²) in [7, 11) is -3.70. The van der Waals surface area contributed by atoms with Crippen molar-refractivity contribution < 1.29 is 17.3 Å². The average Bonchev–Trinajstić information content (AvgIpc) is 3.45.